The van der Waals surface area contributed by atoms with E-state index in [4.69, 9.17) is 10.4 Å². The molecule has 0 amide bonds. The first-order valence-corrected chi connectivity index (χ1v) is 7.16. The maximum Gasteiger partial charge on any atom is 0.306 e. The molecule has 0 aromatic carbocycles. The van der Waals surface area contributed by atoms with Crippen LogP contribution in [0.15, 0.2) is 0 Å². The zero-order valence-electron chi connectivity index (χ0n) is 12.7. The third kappa shape index (κ3) is 9.49. The normalized spacial score (nSPS) is 14.7. The van der Waals surface area contributed by atoms with Crippen molar-refractivity contribution in [2.45, 2.75) is 65.8 Å². The molecular weight excluding hydrogens is 240 g/mol. The molecular formula is C15H28N2O2. The number of nitrogens with zero attached hydrogens (tertiary/aromatic N) is 1. The minimum Gasteiger partial charge on any atom is -0.481 e. The van der Waals surface area contributed by atoms with Gasteiger partial charge in [-0.3, -0.25) is 4.79 Å². The molecule has 2 atom stereocenters. The van der Waals surface area contributed by atoms with Crippen LogP contribution in [0.4, 0.5) is 0 Å². The largest absolute Gasteiger partial charge is 0.481 e. The van der Waals surface area contributed by atoms with E-state index in [1.54, 1.807) is 6.92 Å². The first-order valence-electron chi connectivity index (χ1n) is 7.16. The highest BCUT2D eigenvalue weighted by Gasteiger charge is 2.15. The summed E-state index contributed by atoms with van der Waals surface area (Å²) in [5.41, 5.74) is -0.234. The highest BCUT2D eigenvalue weighted by molar-refractivity contribution is 5.69. The predicted molar refractivity (Wildman–Crippen MR) is 76.7 cm³/mol. The van der Waals surface area contributed by atoms with E-state index in [0.717, 1.165) is 38.6 Å². The van der Waals surface area contributed by atoms with Gasteiger partial charge >= 0.3 is 5.97 Å². The molecule has 0 radical (unpaired) electrons. The molecule has 2 N–H and O–H groups in total. The fourth-order valence-electron chi connectivity index (χ4n) is 1.89. The maximum atomic E-state index is 10.7. The Morgan fingerprint density at radius 1 is 1.32 bits per heavy atom. The van der Waals surface area contributed by atoms with Crippen molar-refractivity contribution in [3.8, 4) is 6.07 Å². The molecule has 0 fully saturated rings. The molecule has 0 spiro atoms. The molecule has 0 rings (SSSR count). The molecule has 0 aromatic heterocycles. The van der Waals surface area contributed by atoms with E-state index >= 15 is 0 Å². The van der Waals surface area contributed by atoms with Gasteiger partial charge in [0, 0.05) is 6.04 Å². The minimum absolute atomic E-state index is 0.234. The number of rotatable bonds is 10. The van der Waals surface area contributed by atoms with Crippen LogP contribution in [-0.4, -0.2) is 23.7 Å². The summed E-state index contributed by atoms with van der Waals surface area (Å²) in [7, 11) is 0. The number of hydrogen-bond acceptors (Lipinski definition) is 3. The lowest BCUT2D eigenvalue weighted by Crippen LogP contribution is -2.28. The van der Waals surface area contributed by atoms with E-state index in [9.17, 15) is 4.79 Å². The van der Waals surface area contributed by atoms with Crippen LogP contribution in [0.3, 0.4) is 0 Å². The van der Waals surface area contributed by atoms with Gasteiger partial charge in [0.05, 0.1) is 17.4 Å². The lowest BCUT2D eigenvalue weighted by atomic mass is 9.90. The van der Waals surface area contributed by atoms with Crippen LogP contribution >= 0.6 is 0 Å². The molecule has 0 aliphatic heterocycles. The molecule has 19 heavy (non-hydrogen) atoms. The Morgan fingerprint density at radius 3 is 2.47 bits per heavy atom. The lowest BCUT2D eigenvalue weighted by molar-refractivity contribution is -0.141. The van der Waals surface area contributed by atoms with Gasteiger partial charge in [0.2, 0.25) is 0 Å². The Morgan fingerprint density at radius 2 is 1.95 bits per heavy atom. The van der Waals surface area contributed by atoms with Gasteiger partial charge in [0.15, 0.2) is 0 Å². The van der Waals surface area contributed by atoms with Crippen LogP contribution in [0, 0.1) is 22.7 Å². The Kier molecular flexibility index (Phi) is 8.42. The summed E-state index contributed by atoms with van der Waals surface area (Å²) < 4.78 is 0. The molecule has 0 heterocycles. The topological polar surface area (TPSA) is 73.1 Å². The highest BCUT2D eigenvalue weighted by atomic mass is 16.4. The summed E-state index contributed by atoms with van der Waals surface area (Å²) in [6, 6.07) is 2.71. The first-order chi connectivity index (χ1) is 8.78. The summed E-state index contributed by atoms with van der Waals surface area (Å²) >= 11 is 0. The fourth-order valence-corrected chi connectivity index (χ4v) is 1.89. The van der Waals surface area contributed by atoms with E-state index in [1.807, 2.05) is 13.8 Å². The van der Waals surface area contributed by atoms with Crippen molar-refractivity contribution in [3.05, 3.63) is 0 Å². The van der Waals surface area contributed by atoms with Crippen molar-refractivity contribution < 1.29 is 9.90 Å². The molecule has 0 saturated heterocycles. The smallest absolute Gasteiger partial charge is 0.306 e. The van der Waals surface area contributed by atoms with Gasteiger partial charge in [-0.25, -0.2) is 0 Å². The van der Waals surface area contributed by atoms with Gasteiger partial charge < -0.3 is 10.4 Å². The molecule has 4 nitrogen and oxygen atoms in total. The predicted octanol–water partition coefficient (Wildman–Crippen LogP) is 3.19. The molecule has 4 heteroatoms. The number of nitriles is 1. The Bertz CT molecular complexity index is 308. The van der Waals surface area contributed by atoms with Crippen LogP contribution in [0.25, 0.3) is 0 Å². The van der Waals surface area contributed by atoms with Crippen molar-refractivity contribution in [2.75, 3.05) is 6.54 Å². The van der Waals surface area contributed by atoms with E-state index in [2.05, 4.69) is 18.3 Å². The zero-order valence-corrected chi connectivity index (χ0v) is 12.7. The second-order valence-electron chi connectivity index (χ2n) is 6.12. The summed E-state index contributed by atoms with van der Waals surface area (Å²) in [5.74, 6) is -0.956. The van der Waals surface area contributed by atoms with E-state index in [1.165, 1.54) is 0 Å². The standard InChI is InChI=1S/C15H28N2O2/c1-12(14(18)19)7-5-8-13(2)17-10-6-9-15(3,4)11-16/h12-13,17H,5-10H2,1-4H3,(H,18,19). The number of aliphatic carboxylic acids is 1. The quantitative estimate of drug-likeness (QED) is 0.597. The molecule has 0 aromatic rings. The van der Waals surface area contributed by atoms with Crippen molar-refractivity contribution in [1.29, 1.82) is 5.26 Å². The van der Waals surface area contributed by atoms with E-state index in [0.29, 0.717) is 6.04 Å². The third-order valence-corrected chi connectivity index (χ3v) is 3.47. The van der Waals surface area contributed by atoms with Crippen LogP contribution < -0.4 is 5.32 Å². The van der Waals surface area contributed by atoms with E-state index < -0.39 is 5.97 Å². The van der Waals surface area contributed by atoms with Crippen LogP contribution in [0.5, 0.6) is 0 Å². The van der Waals surface area contributed by atoms with Gasteiger partial charge in [0.25, 0.3) is 0 Å². The van der Waals surface area contributed by atoms with Gasteiger partial charge in [-0.2, -0.15) is 5.26 Å². The Balaban J connectivity index is 3.58. The number of carboxylic acids is 1. The fraction of sp³-hybridized carbons (Fsp3) is 0.867. The maximum absolute atomic E-state index is 10.7. The van der Waals surface area contributed by atoms with Gasteiger partial charge in [-0.05, 0) is 53.0 Å². The molecule has 0 aliphatic carbocycles. The van der Waals surface area contributed by atoms with Crippen molar-refractivity contribution in [1.82, 2.24) is 5.32 Å². The molecule has 2 unspecified atom stereocenters. The second kappa shape index (κ2) is 8.92. The van der Waals surface area contributed by atoms with Gasteiger partial charge in [-0.15, -0.1) is 0 Å². The molecule has 110 valence electrons. The van der Waals surface area contributed by atoms with Crippen LogP contribution in [0.2, 0.25) is 0 Å². The SMILES string of the molecule is CC(CCCC(C)C(=O)O)NCCCC(C)(C)C#N. The zero-order chi connectivity index (χ0) is 14.9. The highest BCUT2D eigenvalue weighted by Crippen LogP contribution is 2.20. The van der Waals surface area contributed by atoms with Crippen molar-refractivity contribution in [3.63, 3.8) is 0 Å². The third-order valence-electron chi connectivity index (χ3n) is 3.47. The van der Waals surface area contributed by atoms with Gasteiger partial charge in [-0.1, -0.05) is 13.3 Å². The van der Waals surface area contributed by atoms with Crippen LogP contribution in [0.1, 0.15) is 59.8 Å². The first kappa shape index (κ1) is 17.9. The van der Waals surface area contributed by atoms with Crippen molar-refractivity contribution in [2.24, 2.45) is 11.3 Å². The summed E-state index contributed by atoms with van der Waals surface area (Å²) in [6.45, 7) is 8.72. The Hall–Kier alpha value is -1.08. The average Bonchev–Trinajstić information content (AvgIpc) is 2.34. The minimum atomic E-state index is -0.709. The van der Waals surface area contributed by atoms with Crippen LogP contribution in [-0.2, 0) is 4.79 Å². The molecule has 0 aliphatic rings. The molecule has 0 bridgehead atoms. The van der Waals surface area contributed by atoms with Gasteiger partial charge in [0.1, 0.15) is 0 Å². The molecule has 0 saturated carbocycles. The monoisotopic (exact) mass is 268 g/mol. The number of nitrogens with one attached hydrogen (secondary N) is 1. The summed E-state index contributed by atoms with van der Waals surface area (Å²) in [6.07, 6.45) is 4.57. The lowest BCUT2D eigenvalue weighted by Gasteiger charge is -2.17. The Labute approximate surface area is 117 Å². The van der Waals surface area contributed by atoms with Crippen molar-refractivity contribution >= 4 is 5.97 Å². The summed E-state index contributed by atoms with van der Waals surface area (Å²) in [4.78, 5) is 10.7. The number of hydrogen-bond donors (Lipinski definition) is 2. The van der Waals surface area contributed by atoms with E-state index in [-0.39, 0.29) is 11.3 Å². The second-order valence-corrected chi connectivity index (χ2v) is 6.12. The summed E-state index contributed by atoms with van der Waals surface area (Å²) in [5, 5.41) is 21.1. The number of carbonyl (C=O) groups is 1. The average molecular weight is 268 g/mol. The number of carboxylic acid groups (broad SMARTS) is 1.